The van der Waals surface area contributed by atoms with E-state index in [9.17, 15) is 9.59 Å². The van der Waals surface area contributed by atoms with Crippen molar-refractivity contribution in [3.63, 3.8) is 0 Å². The number of Topliss-reactive ketones (excluding diaryl/α,β-unsaturated/α-hetero) is 1. The molecule has 0 atom stereocenters. The van der Waals surface area contributed by atoms with Crippen LogP contribution in [0.5, 0.6) is 5.75 Å². The van der Waals surface area contributed by atoms with E-state index >= 15 is 0 Å². The minimum absolute atomic E-state index is 0.0522. The zero-order valence-corrected chi connectivity index (χ0v) is 18.3. The Labute approximate surface area is 187 Å². The Morgan fingerprint density at radius 1 is 1.19 bits per heavy atom. The van der Waals surface area contributed by atoms with E-state index in [-0.39, 0.29) is 17.9 Å². The highest BCUT2D eigenvalue weighted by atomic mass is 35.5. The molecule has 6 nitrogen and oxygen atoms in total. The Hall–Kier alpha value is -3.03. The van der Waals surface area contributed by atoms with Crippen LogP contribution < -0.4 is 10.3 Å². The zero-order valence-electron chi connectivity index (χ0n) is 16.7. The molecule has 0 fully saturated rings. The van der Waals surface area contributed by atoms with Gasteiger partial charge in [-0.05, 0) is 49.4 Å². The number of ether oxygens (including phenoxy) is 1. The molecule has 0 aliphatic carbocycles. The predicted octanol–water partition coefficient (Wildman–Crippen LogP) is 5.06. The molecule has 2 aromatic heterocycles. The highest BCUT2D eigenvalue weighted by Crippen LogP contribution is 2.23. The Morgan fingerprint density at radius 3 is 2.81 bits per heavy atom. The summed E-state index contributed by atoms with van der Waals surface area (Å²) in [5, 5.41) is 1.55. The summed E-state index contributed by atoms with van der Waals surface area (Å²) in [4.78, 5) is 29.5. The molecule has 0 unspecified atom stereocenters. The van der Waals surface area contributed by atoms with E-state index in [0.29, 0.717) is 50.5 Å². The molecule has 2 heterocycles. The van der Waals surface area contributed by atoms with Crippen molar-refractivity contribution < 1.29 is 13.9 Å². The average molecular weight is 455 g/mol. The molecule has 0 bridgehead atoms. The van der Waals surface area contributed by atoms with Crippen molar-refractivity contribution in [2.75, 3.05) is 12.4 Å². The van der Waals surface area contributed by atoms with Crippen molar-refractivity contribution in [1.29, 1.82) is 0 Å². The number of furan rings is 1. The molecule has 4 aromatic rings. The van der Waals surface area contributed by atoms with Crippen molar-refractivity contribution >= 4 is 40.0 Å². The lowest BCUT2D eigenvalue weighted by molar-refractivity contribution is 0.101. The number of hydrogen-bond acceptors (Lipinski definition) is 6. The van der Waals surface area contributed by atoms with Crippen LogP contribution in [-0.4, -0.2) is 27.7 Å². The van der Waals surface area contributed by atoms with Crippen molar-refractivity contribution in [1.82, 2.24) is 9.55 Å². The third-order valence-electron chi connectivity index (χ3n) is 4.61. The summed E-state index contributed by atoms with van der Waals surface area (Å²) in [6.45, 7) is 2.13. The lowest BCUT2D eigenvalue weighted by Crippen LogP contribution is -2.24. The number of aromatic nitrogens is 2. The molecule has 31 heavy (non-hydrogen) atoms. The Kier molecular flexibility index (Phi) is 6.44. The first-order valence-corrected chi connectivity index (χ1v) is 11.0. The van der Waals surface area contributed by atoms with Crippen molar-refractivity contribution in [2.45, 2.75) is 18.6 Å². The molecule has 4 rings (SSSR count). The Balaban J connectivity index is 1.57. The predicted molar refractivity (Wildman–Crippen MR) is 121 cm³/mol. The van der Waals surface area contributed by atoms with Crippen molar-refractivity contribution in [3.05, 3.63) is 87.6 Å². The second-order valence-electron chi connectivity index (χ2n) is 6.78. The Morgan fingerprint density at radius 2 is 2.03 bits per heavy atom. The van der Waals surface area contributed by atoms with Crippen LogP contribution in [0.3, 0.4) is 0 Å². The maximum absolute atomic E-state index is 13.1. The van der Waals surface area contributed by atoms with Crippen LogP contribution in [0, 0.1) is 0 Å². The topological polar surface area (TPSA) is 74.3 Å². The highest BCUT2D eigenvalue weighted by Gasteiger charge is 2.14. The molecule has 0 N–H and O–H groups in total. The largest absolute Gasteiger partial charge is 0.492 e. The minimum Gasteiger partial charge on any atom is -0.492 e. The molecule has 158 valence electrons. The number of hydrogen-bond donors (Lipinski definition) is 0. The standard InChI is InChI=1S/C23H19ClN2O4S/c1-15(27)18-6-2-3-7-21(18)30-11-12-31-23-25-20-13-16(24)8-9-19(20)22(28)26(23)14-17-5-4-10-29-17/h2-10,13H,11-12,14H2,1H3. The molecule has 0 spiro atoms. The van der Waals surface area contributed by atoms with Crippen LogP contribution in [0.2, 0.25) is 5.02 Å². The average Bonchev–Trinajstić information content (AvgIpc) is 3.27. The van der Waals surface area contributed by atoms with Crippen LogP contribution in [0.1, 0.15) is 23.0 Å². The van der Waals surface area contributed by atoms with E-state index < -0.39 is 0 Å². The number of ketones is 1. The van der Waals surface area contributed by atoms with Gasteiger partial charge in [0.1, 0.15) is 11.5 Å². The molecule has 0 amide bonds. The maximum atomic E-state index is 13.1. The van der Waals surface area contributed by atoms with Crippen LogP contribution in [0.4, 0.5) is 0 Å². The van der Waals surface area contributed by atoms with Gasteiger partial charge in [0.15, 0.2) is 10.9 Å². The van der Waals surface area contributed by atoms with Gasteiger partial charge in [0.05, 0.1) is 35.9 Å². The summed E-state index contributed by atoms with van der Waals surface area (Å²) >= 11 is 7.49. The number of carbonyl (C=O) groups is 1. The van der Waals surface area contributed by atoms with Gasteiger partial charge >= 0.3 is 0 Å². The van der Waals surface area contributed by atoms with Gasteiger partial charge in [0, 0.05) is 10.8 Å². The lowest BCUT2D eigenvalue weighted by atomic mass is 10.1. The summed E-state index contributed by atoms with van der Waals surface area (Å²) in [6, 6.07) is 15.8. The fourth-order valence-electron chi connectivity index (χ4n) is 3.15. The Bertz CT molecular complexity index is 1280. The number of fused-ring (bicyclic) bond motifs is 1. The van der Waals surface area contributed by atoms with Crippen LogP contribution in [0.25, 0.3) is 10.9 Å². The monoisotopic (exact) mass is 454 g/mol. The maximum Gasteiger partial charge on any atom is 0.262 e. The first-order chi connectivity index (χ1) is 15.0. The van der Waals surface area contributed by atoms with Gasteiger partial charge < -0.3 is 9.15 Å². The summed E-state index contributed by atoms with van der Waals surface area (Å²) in [5.41, 5.74) is 0.919. The molecular weight excluding hydrogens is 436 g/mol. The quantitative estimate of drug-likeness (QED) is 0.160. The molecular formula is C23H19ClN2O4S. The number of benzene rings is 2. The smallest absolute Gasteiger partial charge is 0.262 e. The van der Waals surface area contributed by atoms with Crippen molar-refractivity contribution in [2.24, 2.45) is 0 Å². The molecule has 0 aliphatic rings. The van der Waals surface area contributed by atoms with Gasteiger partial charge in [-0.1, -0.05) is 35.5 Å². The zero-order chi connectivity index (χ0) is 21.8. The van der Waals surface area contributed by atoms with E-state index in [4.69, 9.17) is 20.8 Å². The van der Waals surface area contributed by atoms with Gasteiger partial charge in [-0.2, -0.15) is 0 Å². The number of para-hydroxylation sites is 1. The number of halogens is 1. The van der Waals surface area contributed by atoms with E-state index in [0.717, 1.165) is 0 Å². The lowest BCUT2D eigenvalue weighted by Gasteiger charge is -2.13. The minimum atomic E-state index is -0.164. The van der Waals surface area contributed by atoms with Crippen LogP contribution in [-0.2, 0) is 6.54 Å². The summed E-state index contributed by atoms with van der Waals surface area (Å²) in [7, 11) is 0. The third kappa shape index (κ3) is 4.84. The molecule has 0 aliphatic heterocycles. The third-order valence-corrected chi connectivity index (χ3v) is 5.79. The number of rotatable bonds is 8. The second kappa shape index (κ2) is 9.41. The van der Waals surface area contributed by atoms with Gasteiger partial charge in [-0.3, -0.25) is 14.2 Å². The number of carbonyl (C=O) groups excluding carboxylic acids is 1. The normalized spacial score (nSPS) is 11.0. The summed E-state index contributed by atoms with van der Waals surface area (Å²) in [5.74, 6) is 1.68. The van der Waals surface area contributed by atoms with E-state index in [2.05, 4.69) is 4.98 Å². The molecule has 0 saturated heterocycles. The van der Waals surface area contributed by atoms with Gasteiger partial charge in [-0.25, -0.2) is 4.98 Å². The van der Waals surface area contributed by atoms with E-state index in [1.165, 1.54) is 18.7 Å². The van der Waals surface area contributed by atoms with Crippen LogP contribution in [0.15, 0.2) is 75.2 Å². The van der Waals surface area contributed by atoms with Crippen LogP contribution >= 0.6 is 23.4 Å². The summed E-state index contributed by atoms with van der Waals surface area (Å²) < 4.78 is 12.8. The fourth-order valence-corrected chi connectivity index (χ4v) is 4.13. The highest BCUT2D eigenvalue weighted by molar-refractivity contribution is 7.99. The first-order valence-electron chi connectivity index (χ1n) is 9.61. The summed E-state index contributed by atoms with van der Waals surface area (Å²) in [6.07, 6.45) is 1.57. The first kappa shape index (κ1) is 21.2. The molecule has 0 radical (unpaired) electrons. The second-order valence-corrected chi connectivity index (χ2v) is 8.27. The van der Waals surface area contributed by atoms with Gasteiger partial charge in [0.25, 0.3) is 5.56 Å². The molecule has 0 saturated carbocycles. The van der Waals surface area contributed by atoms with Gasteiger partial charge in [0.2, 0.25) is 0 Å². The SMILES string of the molecule is CC(=O)c1ccccc1OCCSc1nc2cc(Cl)ccc2c(=O)n1Cc1ccco1. The number of nitrogens with zero attached hydrogens (tertiary/aromatic N) is 2. The fraction of sp³-hybridized carbons (Fsp3) is 0.174. The van der Waals surface area contributed by atoms with Crippen molar-refractivity contribution in [3.8, 4) is 5.75 Å². The molecule has 8 heteroatoms. The van der Waals surface area contributed by atoms with Gasteiger partial charge in [-0.15, -0.1) is 0 Å². The van der Waals surface area contributed by atoms with E-state index in [1.807, 2.05) is 12.1 Å². The van der Waals surface area contributed by atoms with E-state index in [1.54, 1.807) is 53.3 Å². The molecule has 2 aromatic carbocycles. The number of thioether (sulfide) groups is 1.